The van der Waals surface area contributed by atoms with Gasteiger partial charge >= 0.3 is 5.97 Å². The summed E-state index contributed by atoms with van der Waals surface area (Å²) < 4.78 is 5.60. The molecule has 2 heterocycles. The first-order chi connectivity index (χ1) is 8.11. The van der Waals surface area contributed by atoms with E-state index in [1.54, 1.807) is 0 Å². The highest BCUT2D eigenvalue weighted by Crippen LogP contribution is 2.38. The van der Waals surface area contributed by atoms with Gasteiger partial charge in [-0.05, 0) is 25.7 Å². The molecule has 2 aliphatic rings. The maximum absolute atomic E-state index is 12.0. The van der Waals surface area contributed by atoms with Crippen LogP contribution < -0.4 is 5.32 Å². The van der Waals surface area contributed by atoms with Crippen LogP contribution in [0, 0.1) is 5.92 Å². The molecule has 0 spiro atoms. The van der Waals surface area contributed by atoms with Crippen molar-refractivity contribution in [1.29, 1.82) is 0 Å². The molecule has 1 amide bonds. The van der Waals surface area contributed by atoms with E-state index in [1.807, 2.05) is 6.92 Å². The molecule has 2 rings (SSSR count). The van der Waals surface area contributed by atoms with Crippen LogP contribution in [0.25, 0.3) is 0 Å². The van der Waals surface area contributed by atoms with E-state index < -0.39 is 12.0 Å². The standard InChI is InChI=1S/C12H19NO4/c1-2-3-9(12(15)16)13-11(14)8-6-7-4-5-10(8)17-7/h7-10H,2-6H2,1H3,(H,13,14)(H,15,16). The van der Waals surface area contributed by atoms with Crippen molar-refractivity contribution < 1.29 is 19.4 Å². The van der Waals surface area contributed by atoms with Gasteiger partial charge < -0.3 is 15.2 Å². The minimum absolute atomic E-state index is 0.0103. The predicted molar refractivity (Wildman–Crippen MR) is 60.5 cm³/mol. The van der Waals surface area contributed by atoms with Crippen molar-refractivity contribution in [3.63, 3.8) is 0 Å². The van der Waals surface area contributed by atoms with Crippen molar-refractivity contribution in [2.45, 2.75) is 57.3 Å². The monoisotopic (exact) mass is 241 g/mol. The summed E-state index contributed by atoms with van der Waals surface area (Å²) >= 11 is 0. The molecule has 0 aromatic carbocycles. The number of hydrogen-bond acceptors (Lipinski definition) is 3. The van der Waals surface area contributed by atoms with Crippen molar-refractivity contribution in [3.8, 4) is 0 Å². The predicted octanol–water partition coefficient (Wildman–Crippen LogP) is 0.923. The minimum Gasteiger partial charge on any atom is -0.480 e. The topological polar surface area (TPSA) is 75.6 Å². The van der Waals surface area contributed by atoms with Crippen molar-refractivity contribution >= 4 is 11.9 Å². The molecule has 4 unspecified atom stereocenters. The summed E-state index contributed by atoms with van der Waals surface area (Å²) in [4.78, 5) is 22.9. The van der Waals surface area contributed by atoms with Crippen molar-refractivity contribution in [2.24, 2.45) is 5.92 Å². The van der Waals surface area contributed by atoms with Crippen molar-refractivity contribution in [3.05, 3.63) is 0 Å². The van der Waals surface area contributed by atoms with Crippen LogP contribution in [0.2, 0.25) is 0 Å². The molecule has 2 N–H and O–H groups in total. The van der Waals surface area contributed by atoms with E-state index in [1.165, 1.54) is 0 Å². The normalized spacial score (nSPS) is 32.4. The van der Waals surface area contributed by atoms with Gasteiger partial charge in [0.05, 0.1) is 18.1 Å². The fraction of sp³-hybridized carbons (Fsp3) is 0.833. The van der Waals surface area contributed by atoms with Gasteiger partial charge in [0.1, 0.15) is 6.04 Å². The second-order valence-corrected chi connectivity index (χ2v) is 4.90. The number of fused-ring (bicyclic) bond motifs is 2. The molecule has 2 fully saturated rings. The van der Waals surface area contributed by atoms with Gasteiger partial charge in [-0.2, -0.15) is 0 Å². The van der Waals surface area contributed by atoms with E-state index in [0.29, 0.717) is 6.42 Å². The van der Waals surface area contributed by atoms with Gasteiger partial charge in [-0.1, -0.05) is 13.3 Å². The Balaban J connectivity index is 1.89. The Morgan fingerprint density at radius 2 is 2.24 bits per heavy atom. The Kier molecular flexibility index (Phi) is 3.66. The number of carbonyl (C=O) groups excluding carboxylic acids is 1. The number of carbonyl (C=O) groups is 2. The van der Waals surface area contributed by atoms with Gasteiger partial charge in [0.25, 0.3) is 0 Å². The van der Waals surface area contributed by atoms with Gasteiger partial charge in [0.2, 0.25) is 5.91 Å². The zero-order valence-electron chi connectivity index (χ0n) is 10.0. The molecule has 0 aromatic rings. The van der Waals surface area contributed by atoms with Gasteiger partial charge in [-0.3, -0.25) is 4.79 Å². The molecule has 2 saturated heterocycles. The summed E-state index contributed by atoms with van der Waals surface area (Å²) in [6.07, 6.45) is 4.14. The molecule has 0 saturated carbocycles. The lowest BCUT2D eigenvalue weighted by Gasteiger charge is -2.21. The number of carboxylic acid groups (broad SMARTS) is 1. The molecule has 96 valence electrons. The third-order valence-electron chi connectivity index (χ3n) is 3.63. The second-order valence-electron chi connectivity index (χ2n) is 4.90. The average Bonchev–Trinajstić information content (AvgIpc) is 2.89. The van der Waals surface area contributed by atoms with Crippen LogP contribution in [-0.4, -0.2) is 35.2 Å². The Morgan fingerprint density at radius 1 is 1.47 bits per heavy atom. The first kappa shape index (κ1) is 12.4. The Hall–Kier alpha value is -1.10. The van der Waals surface area contributed by atoms with E-state index in [9.17, 15) is 9.59 Å². The van der Waals surface area contributed by atoms with Gasteiger partial charge in [0, 0.05) is 0 Å². The molecular weight excluding hydrogens is 222 g/mol. The minimum atomic E-state index is -0.954. The highest BCUT2D eigenvalue weighted by atomic mass is 16.5. The third-order valence-corrected chi connectivity index (χ3v) is 3.63. The zero-order valence-corrected chi connectivity index (χ0v) is 10.0. The summed E-state index contributed by atoms with van der Waals surface area (Å²) in [5.41, 5.74) is 0. The lowest BCUT2D eigenvalue weighted by Crippen LogP contribution is -2.45. The number of ether oxygens (including phenoxy) is 1. The fourth-order valence-electron chi connectivity index (χ4n) is 2.74. The van der Waals surface area contributed by atoms with E-state index in [-0.39, 0.29) is 24.0 Å². The van der Waals surface area contributed by atoms with Gasteiger partial charge in [0.15, 0.2) is 0 Å². The first-order valence-corrected chi connectivity index (χ1v) is 6.30. The van der Waals surface area contributed by atoms with Crippen LogP contribution in [0.5, 0.6) is 0 Å². The van der Waals surface area contributed by atoms with E-state index in [2.05, 4.69) is 5.32 Å². The summed E-state index contributed by atoms with van der Waals surface area (Å²) in [6, 6.07) is -0.758. The molecule has 5 heteroatoms. The molecule has 5 nitrogen and oxygen atoms in total. The molecule has 2 aliphatic heterocycles. The van der Waals surface area contributed by atoms with Crippen LogP contribution in [-0.2, 0) is 14.3 Å². The van der Waals surface area contributed by atoms with E-state index >= 15 is 0 Å². The highest BCUT2D eigenvalue weighted by molar-refractivity contribution is 5.85. The number of carboxylic acids is 1. The lowest BCUT2D eigenvalue weighted by molar-refractivity contribution is -0.143. The number of hydrogen-bond donors (Lipinski definition) is 2. The van der Waals surface area contributed by atoms with Gasteiger partial charge in [-0.15, -0.1) is 0 Å². The average molecular weight is 241 g/mol. The Labute approximate surface area is 101 Å². The molecule has 4 atom stereocenters. The molecule has 2 bridgehead atoms. The maximum Gasteiger partial charge on any atom is 0.326 e. The number of aliphatic carboxylic acids is 1. The highest BCUT2D eigenvalue weighted by Gasteiger charge is 2.44. The van der Waals surface area contributed by atoms with Crippen LogP contribution in [0.3, 0.4) is 0 Å². The molecule has 0 aliphatic carbocycles. The molecule has 0 radical (unpaired) electrons. The third kappa shape index (κ3) is 2.60. The van der Waals surface area contributed by atoms with Crippen molar-refractivity contribution in [2.75, 3.05) is 0 Å². The summed E-state index contributed by atoms with van der Waals surface area (Å²) in [6.45, 7) is 1.91. The first-order valence-electron chi connectivity index (χ1n) is 6.30. The van der Waals surface area contributed by atoms with E-state index in [0.717, 1.165) is 25.7 Å². The van der Waals surface area contributed by atoms with Crippen LogP contribution in [0.4, 0.5) is 0 Å². The van der Waals surface area contributed by atoms with Crippen LogP contribution in [0.1, 0.15) is 39.0 Å². The van der Waals surface area contributed by atoms with Gasteiger partial charge in [-0.25, -0.2) is 4.79 Å². The molecule has 17 heavy (non-hydrogen) atoms. The quantitative estimate of drug-likeness (QED) is 0.750. The van der Waals surface area contributed by atoms with Crippen LogP contribution in [0.15, 0.2) is 0 Å². The SMILES string of the molecule is CCCC(NC(=O)C1CC2CCC1O2)C(=O)O. The molecule has 0 aromatic heterocycles. The second kappa shape index (κ2) is 5.04. The Bertz CT molecular complexity index is 318. The smallest absolute Gasteiger partial charge is 0.326 e. The summed E-state index contributed by atoms with van der Waals surface area (Å²) in [5.74, 6) is -1.25. The lowest BCUT2D eigenvalue weighted by atomic mass is 9.88. The zero-order chi connectivity index (χ0) is 12.4. The Morgan fingerprint density at radius 3 is 2.71 bits per heavy atom. The molecular formula is C12H19NO4. The van der Waals surface area contributed by atoms with E-state index in [4.69, 9.17) is 9.84 Å². The fourth-order valence-corrected chi connectivity index (χ4v) is 2.74. The van der Waals surface area contributed by atoms with Crippen molar-refractivity contribution in [1.82, 2.24) is 5.32 Å². The summed E-state index contributed by atoms with van der Waals surface area (Å²) in [5, 5.41) is 11.6. The summed E-state index contributed by atoms with van der Waals surface area (Å²) in [7, 11) is 0. The number of amides is 1. The number of nitrogens with one attached hydrogen (secondary N) is 1. The largest absolute Gasteiger partial charge is 0.480 e. The number of rotatable bonds is 5. The maximum atomic E-state index is 12.0. The van der Waals surface area contributed by atoms with Crippen LogP contribution >= 0.6 is 0 Å².